The van der Waals surface area contributed by atoms with Crippen LogP contribution in [0.4, 0.5) is 0 Å². The third kappa shape index (κ3) is 28.3. The number of nitrogens with zero attached hydrogens (tertiary/aromatic N) is 1. The monoisotopic (exact) mass is 769 g/mol. The summed E-state index contributed by atoms with van der Waals surface area (Å²) in [6.07, 6.45) is 4.70. The first-order valence-electron chi connectivity index (χ1n) is 18.2. The second-order valence-electron chi connectivity index (χ2n) is 13.3. The van der Waals surface area contributed by atoms with Crippen molar-refractivity contribution in [1.29, 1.82) is 0 Å². The standard InChI is InChI=1S/C9H17NO2.C8H16N2O2.C8H10.C7H8.C6H5NO4.C3H7NO/c1-6(2)4-7(10)8(11)9(3)5-12-9;1-6(2)5-7(9)8(12)10-3-4-11;1-2-8-6-4-3-5-7-8;1-7-5-3-2-4-6-7;8-2-1-4-3-5(6(9)10)11-7-4;1-4-2-3-5/h6-7H,4-5,10H2,1-3H3;4,6-7H,3,5,9H2,1-2H3,(H,10,12);3-7H,2H2,1H3;2-6H,1H3;2-3H,1H2,(H,9,10);3-4H,2H2,1H3/t7-,9?;7-;;;;/m00..../s1. The fourth-order valence-electron chi connectivity index (χ4n) is 4.07. The maximum atomic E-state index is 11.5. The average molecular weight is 770 g/mol. The van der Waals surface area contributed by atoms with Crippen LogP contribution in [-0.4, -0.2) is 91.2 Å². The van der Waals surface area contributed by atoms with E-state index in [4.69, 9.17) is 21.3 Å². The Labute approximate surface area is 326 Å². The fraction of sp³-hybridized carbons (Fsp3) is 0.488. The molecule has 3 atom stereocenters. The quantitative estimate of drug-likeness (QED) is 0.108. The number of carboxylic acids is 1. The van der Waals surface area contributed by atoms with Crippen LogP contribution in [0.5, 0.6) is 0 Å². The van der Waals surface area contributed by atoms with Gasteiger partial charge in [0.25, 0.3) is 0 Å². The van der Waals surface area contributed by atoms with Crippen molar-refractivity contribution in [2.45, 2.75) is 91.8 Å². The number of hydrogen-bond donors (Lipinski definition) is 5. The molecular formula is C41H63N5O9. The van der Waals surface area contributed by atoms with Gasteiger partial charge in [-0.1, -0.05) is 106 Å². The third-order valence-corrected chi connectivity index (χ3v) is 7.12. The SMILES string of the molecule is CC(C)C[C@H](N)C(=O)C1(C)CO1.CC(C)C[C@H](N)C(=O)NCC=O.CCc1ccccc1.CNCC=O.Cc1ccccc1.O=CCc1cc(C(=O)O)on1. The normalized spacial score (nSPS) is 14.4. The highest BCUT2D eigenvalue weighted by Gasteiger charge is 2.48. The molecule has 0 aliphatic carbocycles. The van der Waals surface area contributed by atoms with E-state index >= 15 is 0 Å². The van der Waals surface area contributed by atoms with Crippen LogP contribution in [0.15, 0.2) is 71.3 Å². The second-order valence-corrected chi connectivity index (χ2v) is 13.3. The van der Waals surface area contributed by atoms with E-state index in [0.717, 1.165) is 19.1 Å². The van der Waals surface area contributed by atoms with E-state index in [0.29, 0.717) is 49.7 Å². The number of nitrogens with two attached hydrogens (primary N) is 2. The van der Waals surface area contributed by atoms with E-state index in [-0.39, 0.29) is 36.5 Å². The predicted molar refractivity (Wildman–Crippen MR) is 214 cm³/mol. The molecule has 1 unspecified atom stereocenters. The predicted octanol–water partition coefficient (Wildman–Crippen LogP) is 4.16. The minimum absolute atomic E-state index is 0.0463. The van der Waals surface area contributed by atoms with Crippen molar-refractivity contribution in [3.8, 4) is 0 Å². The molecule has 7 N–H and O–H groups in total. The number of aromatic nitrogens is 1. The Morgan fingerprint density at radius 1 is 0.873 bits per heavy atom. The van der Waals surface area contributed by atoms with Crippen LogP contribution < -0.4 is 22.1 Å². The number of epoxide rings is 1. The molecule has 1 aromatic heterocycles. The van der Waals surface area contributed by atoms with E-state index in [1.165, 1.54) is 17.2 Å². The molecule has 1 amide bonds. The molecule has 0 saturated carbocycles. The molecule has 0 spiro atoms. The molecule has 14 heteroatoms. The number of ketones is 1. The molecule has 1 aliphatic heterocycles. The molecule has 3 aromatic rings. The lowest BCUT2D eigenvalue weighted by Crippen LogP contribution is -2.41. The Bertz CT molecular complexity index is 1480. The van der Waals surface area contributed by atoms with Gasteiger partial charge in [-0.15, -0.1) is 0 Å². The topological polar surface area (TPSA) is 237 Å². The van der Waals surface area contributed by atoms with Crippen molar-refractivity contribution in [2.75, 3.05) is 26.7 Å². The van der Waals surface area contributed by atoms with Crippen LogP contribution in [0.2, 0.25) is 0 Å². The molecule has 0 radical (unpaired) electrons. The van der Waals surface area contributed by atoms with Gasteiger partial charge in [0.2, 0.25) is 11.7 Å². The first kappa shape index (κ1) is 52.2. The van der Waals surface area contributed by atoms with Gasteiger partial charge in [-0.2, -0.15) is 0 Å². The second kappa shape index (κ2) is 31.5. The molecular weight excluding hydrogens is 706 g/mol. The smallest absolute Gasteiger partial charge is 0.374 e. The number of aryl methyl sites for hydroxylation is 2. The average Bonchev–Trinajstić information content (AvgIpc) is 3.73. The van der Waals surface area contributed by atoms with Crippen molar-refractivity contribution < 1.29 is 43.1 Å². The first-order valence-corrected chi connectivity index (χ1v) is 18.2. The minimum atomic E-state index is -1.19. The van der Waals surface area contributed by atoms with Gasteiger partial charge < -0.3 is 50.9 Å². The van der Waals surface area contributed by atoms with Crippen LogP contribution in [0, 0.1) is 18.8 Å². The molecule has 1 aliphatic rings. The summed E-state index contributed by atoms with van der Waals surface area (Å²) in [5.41, 5.74) is 13.8. The van der Waals surface area contributed by atoms with Crippen LogP contribution in [0.3, 0.4) is 0 Å². The summed E-state index contributed by atoms with van der Waals surface area (Å²) >= 11 is 0. The zero-order valence-electron chi connectivity index (χ0n) is 33.7. The van der Waals surface area contributed by atoms with Gasteiger partial charge in [0.05, 0.1) is 37.5 Å². The molecule has 2 aromatic carbocycles. The number of carbonyl (C=O) groups excluding carboxylic acids is 5. The molecule has 1 saturated heterocycles. The van der Waals surface area contributed by atoms with E-state index < -0.39 is 17.6 Å². The summed E-state index contributed by atoms with van der Waals surface area (Å²) in [7, 11) is 1.73. The number of carbonyl (C=O) groups is 6. The lowest BCUT2D eigenvalue weighted by atomic mass is 9.94. The lowest BCUT2D eigenvalue weighted by molar-refractivity contribution is -0.125. The number of hydrogen-bond acceptors (Lipinski definition) is 12. The third-order valence-electron chi connectivity index (χ3n) is 7.12. The number of aldehydes is 3. The Balaban J connectivity index is 0. The van der Waals surface area contributed by atoms with Crippen molar-refractivity contribution in [1.82, 2.24) is 15.8 Å². The summed E-state index contributed by atoms with van der Waals surface area (Å²) in [5.74, 6) is -0.781. The van der Waals surface area contributed by atoms with E-state index in [1.54, 1.807) is 14.0 Å². The van der Waals surface area contributed by atoms with Crippen LogP contribution in [0.25, 0.3) is 0 Å². The van der Waals surface area contributed by atoms with Gasteiger partial charge in [-0.05, 0) is 57.6 Å². The van der Waals surface area contributed by atoms with Gasteiger partial charge in [-0.25, -0.2) is 4.79 Å². The highest BCUT2D eigenvalue weighted by molar-refractivity contribution is 5.93. The highest BCUT2D eigenvalue weighted by atomic mass is 16.6. The van der Waals surface area contributed by atoms with Gasteiger partial charge in [0, 0.05) is 12.5 Å². The molecule has 1 fully saturated rings. The Hall–Kier alpha value is -4.89. The number of ether oxygens (including phenoxy) is 1. The summed E-state index contributed by atoms with van der Waals surface area (Å²) < 4.78 is 9.40. The number of benzene rings is 2. The number of amides is 1. The Morgan fingerprint density at radius 2 is 1.38 bits per heavy atom. The fourth-order valence-corrected chi connectivity index (χ4v) is 4.07. The van der Waals surface area contributed by atoms with Gasteiger partial charge in [0.15, 0.2) is 5.78 Å². The minimum Gasteiger partial charge on any atom is -0.475 e. The molecule has 4 rings (SSSR count). The molecule has 55 heavy (non-hydrogen) atoms. The number of carboxylic acid groups (broad SMARTS) is 1. The Morgan fingerprint density at radius 3 is 1.71 bits per heavy atom. The van der Waals surface area contributed by atoms with Crippen LogP contribution >= 0.6 is 0 Å². The summed E-state index contributed by atoms with van der Waals surface area (Å²) in [5, 5.41) is 16.7. The van der Waals surface area contributed by atoms with Gasteiger partial charge >= 0.3 is 5.97 Å². The van der Waals surface area contributed by atoms with E-state index in [9.17, 15) is 28.8 Å². The number of nitrogens with one attached hydrogen (secondary N) is 2. The van der Waals surface area contributed by atoms with E-state index in [1.807, 2.05) is 38.1 Å². The highest BCUT2D eigenvalue weighted by Crippen LogP contribution is 2.28. The molecule has 2 heterocycles. The zero-order chi connectivity index (χ0) is 42.2. The first-order chi connectivity index (χ1) is 26.0. The van der Waals surface area contributed by atoms with Crippen molar-refractivity contribution >= 4 is 36.5 Å². The van der Waals surface area contributed by atoms with Crippen molar-refractivity contribution in [2.24, 2.45) is 23.3 Å². The van der Waals surface area contributed by atoms with Crippen molar-refractivity contribution in [3.05, 3.63) is 89.3 Å². The van der Waals surface area contributed by atoms with Crippen LogP contribution in [0.1, 0.15) is 81.8 Å². The maximum absolute atomic E-state index is 11.5. The zero-order valence-corrected chi connectivity index (χ0v) is 33.7. The molecule has 0 bridgehead atoms. The Kier molecular flexibility index (Phi) is 29.9. The number of aromatic carboxylic acids is 1. The number of Topliss-reactive ketones (excluding diaryl/α,β-unsaturated/α-hetero) is 1. The molecule has 14 nitrogen and oxygen atoms in total. The maximum Gasteiger partial charge on any atom is 0.374 e. The largest absolute Gasteiger partial charge is 0.475 e. The van der Waals surface area contributed by atoms with Crippen molar-refractivity contribution in [3.63, 3.8) is 0 Å². The van der Waals surface area contributed by atoms with Gasteiger partial charge in [0.1, 0.15) is 24.5 Å². The van der Waals surface area contributed by atoms with Gasteiger partial charge in [-0.3, -0.25) is 9.59 Å². The lowest BCUT2D eigenvalue weighted by Gasteiger charge is -2.14. The van der Waals surface area contributed by atoms with E-state index in [2.05, 4.69) is 84.4 Å². The summed E-state index contributed by atoms with van der Waals surface area (Å²) in [4.78, 5) is 61.9. The van der Waals surface area contributed by atoms with Crippen LogP contribution in [-0.2, 0) is 41.6 Å². The number of likely N-dealkylation sites (N-methyl/N-ethyl adjacent to an activating group) is 1. The summed E-state index contributed by atoms with van der Waals surface area (Å²) in [6, 6.07) is 21.1. The molecule has 306 valence electrons. The summed E-state index contributed by atoms with van der Waals surface area (Å²) in [6.45, 7) is 15.2. The number of rotatable bonds is 15.